The molecule has 10 heteroatoms. The van der Waals surface area contributed by atoms with Crippen LogP contribution >= 0.6 is 11.3 Å². The summed E-state index contributed by atoms with van der Waals surface area (Å²) in [6, 6.07) is 9.06. The van der Waals surface area contributed by atoms with Crippen molar-refractivity contribution in [1.82, 2.24) is 15.5 Å². The summed E-state index contributed by atoms with van der Waals surface area (Å²) >= 11 is 1.14. The predicted octanol–water partition coefficient (Wildman–Crippen LogP) is 3.94. The van der Waals surface area contributed by atoms with Crippen LogP contribution in [0.3, 0.4) is 0 Å². The lowest BCUT2D eigenvalue weighted by Gasteiger charge is -2.18. The van der Waals surface area contributed by atoms with Crippen molar-refractivity contribution in [1.29, 1.82) is 0 Å². The van der Waals surface area contributed by atoms with E-state index in [1.165, 1.54) is 6.07 Å². The fourth-order valence-corrected chi connectivity index (χ4v) is 4.98. The maximum absolute atomic E-state index is 12.7. The molecule has 1 saturated carbocycles. The van der Waals surface area contributed by atoms with E-state index >= 15 is 0 Å². The highest BCUT2D eigenvalue weighted by atomic mass is 32.2. The van der Waals surface area contributed by atoms with Crippen molar-refractivity contribution in [3.63, 3.8) is 0 Å². The quantitative estimate of drug-likeness (QED) is 0.542. The Morgan fingerprint density at radius 2 is 1.93 bits per heavy atom. The van der Waals surface area contributed by atoms with Gasteiger partial charge in [0.05, 0.1) is 0 Å². The number of rotatable bonds is 8. The maximum Gasteiger partial charge on any atom is 0.271 e. The molecule has 1 unspecified atom stereocenters. The molecule has 4 rings (SSSR count). The van der Waals surface area contributed by atoms with Crippen molar-refractivity contribution >= 4 is 33.0 Å². The number of anilines is 1. The van der Waals surface area contributed by atoms with Gasteiger partial charge in [-0.15, -0.1) is 11.3 Å². The number of carbonyl (C=O) groups excluding carboxylic acids is 1. The molecule has 0 bridgehead atoms. The summed E-state index contributed by atoms with van der Waals surface area (Å²) < 4.78 is 32.7. The van der Waals surface area contributed by atoms with E-state index in [9.17, 15) is 13.2 Å². The van der Waals surface area contributed by atoms with Gasteiger partial charge in [0.2, 0.25) is 5.89 Å². The minimum atomic E-state index is -3.63. The molecule has 2 heterocycles. The van der Waals surface area contributed by atoms with E-state index in [2.05, 4.69) is 20.2 Å². The molecule has 1 aliphatic carbocycles. The van der Waals surface area contributed by atoms with Gasteiger partial charge in [0.1, 0.15) is 10.3 Å². The van der Waals surface area contributed by atoms with Gasteiger partial charge in [-0.1, -0.05) is 25.1 Å². The fourth-order valence-electron chi connectivity index (χ4n) is 2.93. The van der Waals surface area contributed by atoms with Crippen LogP contribution in [0.15, 0.2) is 50.5 Å². The predicted molar refractivity (Wildman–Crippen MR) is 113 cm³/mol. The number of nitrogens with one attached hydrogen (secondary N) is 2. The topological polar surface area (TPSA) is 114 Å². The van der Waals surface area contributed by atoms with Gasteiger partial charge in [0.25, 0.3) is 15.9 Å². The molecule has 1 aromatic carbocycles. The third-order valence-electron chi connectivity index (χ3n) is 4.78. The van der Waals surface area contributed by atoms with Crippen molar-refractivity contribution in [3.8, 4) is 0 Å². The number of nitrogens with zero attached hydrogens (tertiary/aromatic N) is 2. The van der Waals surface area contributed by atoms with Gasteiger partial charge in [0.15, 0.2) is 5.82 Å². The van der Waals surface area contributed by atoms with E-state index < -0.39 is 16.1 Å². The second kappa shape index (κ2) is 8.19. The van der Waals surface area contributed by atoms with E-state index in [0.717, 1.165) is 24.2 Å². The summed E-state index contributed by atoms with van der Waals surface area (Å²) in [6.07, 6.45) is 2.14. The molecular formula is C20H22N4O4S2. The number of sulfonamides is 1. The van der Waals surface area contributed by atoms with Crippen LogP contribution in [0.25, 0.3) is 0 Å². The summed E-state index contributed by atoms with van der Waals surface area (Å²) in [5.41, 5.74) is 0.785. The van der Waals surface area contributed by atoms with Crippen molar-refractivity contribution < 1.29 is 17.7 Å². The zero-order valence-electron chi connectivity index (χ0n) is 16.5. The summed E-state index contributed by atoms with van der Waals surface area (Å²) in [5, 5.41) is 8.66. The Labute approximate surface area is 178 Å². The number of hydrogen-bond donors (Lipinski definition) is 2. The number of amides is 1. The zero-order valence-corrected chi connectivity index (χ0v) is 18.2. The Morgan fingerprint density at radius 1 is 1.20 bits per heavy atom. The molecule has 0 aliphatic heterocycles. The molecule has 1 atom stereocenters. The van der Waals surface area contributed by atoms with Crippen LogP contribution in [-0.2, 0) is 10.0 Å². The maximum atomic E-state index is 12.7. The van der Waals surface area contributed by atoms with Crippen LogP contribution in [0.5, 0.6) is 0 Å². The SMILES string of the molecule is CC(C)C(NC(=O)c1ccc(NS(=O)(=O)c2cccs2)cc1)c1nc(C2CC2)no1. The standard InChI is InChI=1S/C20H22N4O4S2/c1-12(2)17(20-22-18(23-28-20)13-5-6-13)21-19(25)14-7-9-15(10-8-14)24-30(26,27)16-4-3-11-29-16/h3-4,7-13,17,24H,5-6H2,1-2H3,(H,21,25). The van der Waals surface area contributed by atoms with Gasteiger partial charge in [-0.25, -0.2) is 8.42 Å². The van der Waals surface area contributed by atoms with Gasteiger partial charge in [0, 0.05) is 17.2 Å². The minimum absolute atomic E-state index is 0.0540. The Balaban J connectivity index is 1.44. The first-order valence-corrected chi connectivity index (χ1v) is 12.0. The van der Waals surface area contributed by atoms with E-state index in [-0.39, 0.29) is 16.0 Å². The van der Waals surface area contributed by atoms with Crippen molar-refractivity contribution in [2.24, 2.45) is 5.92 Å². The Hall–Kier alpha value is -2.72. The van der Waals surface area contributed by atoms with E-state index in [1.807, 2.05) is 13.8 Å². The minimum Gasteiger partial charge on any atom is -0.340 e. The Bertz CT molecular complexity index is 1120. The van der Waals surface area contributed by atoms with Gasteiger partial charge in [-0.3, -0.25) is 9.52 Å². The molecule has 3 aromatic rings. The van der Waals surface area contributed by atoms with E-state index in [0.29, 0.717) is 28.9 Å². The second-order valence-electron chi connectivity index (χ2n) is 7.58. The largest absolute Gasteiger partial charge is 0.340 e. The number of thiophene rings is 1. The van der Waals surface area contributed by atoms with Crippen molar-refractivity contribution in [2.45, 2.75) is 42.9 Å². The molecule has 1 fully saturated rings. The lowest BCUT2D eigenvalue weighted by molar-refractivity contribution is 0.0914. The molecule has 2 N–H and O–H groups in total. The van der Waals surface area contributed by atoms with Gasteiger partial charge in [-0.2, -0.15) is 4.98 Å². The van der Waals surface area contributed by atoms with Gasteiger partial charge in [-0.05, 0) is 54.5 Å². The van der Waals surface area contributed by atoms with E-state index in [4.69, 9.17) is 4.52 Å². The van der Waals surface area contributed by atoms with Crippen LogP contribution in [0.1, 0.15) is 60.7 Å². The van der Waals surface area contributed by atoms with Crippen molar-refractivity contribution in [2.75, 3.05) is 4.72 Å². The fraction of sp³-hybridized carbons (Fsp3) is 0.350. The highest BCUT2D eigenvalue weighted by Crippen LogP contribution is 2.38. The van der Waals surface area contributed by atoms with Crippen molar-refractivity contribution in [3.05, 3.63) is 59.1 Å². The van der Waals surface area contributed by atoms with Crippen LogP contribution in [0.2, 0.25) is 0 Å². The van der Waals surface area contributed by atoms with Crippen LogP contribution in [-0.4, -0.2) is 24.5 Å². The Kier molecular flexibility index (Phi) is 5.61. The number of carbonyl (C=O) groups is 1. The smallest absolute Gasteiger partial charge is 0.271 e. The number of aromatic nitrogens is 2. The normalized spacial score (nSPS) is 15.2. The summed E-state index contributed by atoms with van der Waals surface area (Å²) in [5.74, 6) is 1.23. The first-order chi connectivity index (χ1) is 14.3. The lowest BCUT2D eigenvalue weighted by atomic mass is 10.0. The monoisotopic (exact) mass is 446 g/mol. The number of hydrogen-bond acceptors (Lipinski definition) is 7. The second-order valence-corrected chi connectivity index (χ2v) is 10.4. The molecular weight excluding hydrogens is 424 g/mol. The highest BCUT2D eigenvalue weighted by Gasteiger charge is 2.31. The molecule has 0 spiro atoms. The molecule has 158 valence electrons. The lowest BCUT2D eigenvalue weighted by Crippen LogP contribution is -2.32. The number of benzene rings is 1. The Morgan fingerprint density at radius 3 is 2.53 bits per heavy atom. The molecule has 1 amide bonds. The zero-order chi connectivity index (χ0) is 21.3. The first-order valence-electron chi connectivity index (χ1n) is 9.64. The van der Waals surface area contributed by atoms with Crippen LogP contribution in [0.4, 0.5) is 5.69 Å². The molecule has 30 heavy (non-hydrogen) atoms. The molecule has 2 aromatic heterocycles. The molecule has 1 aliphatic rings. The average Bonchev–Trinajstić information content (AvgIpc) is 3.19. The average molecular weight is 447 g/mol. The van der Waals surface area contributed by atoms with Gasteiger partial charge >= 0.3 is 0 Å². The highest BCUT2D eigenvalue weighted by molar-refractivity contribution is 7.94. The molecule has 0 radical (unpaired) electrons. The summed E-state index contributed by atoms with van der Waals surface area (Å²) in [6.45, 7) is 3.93. The van der Waals surface area contributed by atoms with E-state index in [1.54, 1.807) is 35.7 Å². The third kappa shape index (κ3) is 4.54. The first kappa shape index (κ1) is 20.5. The summed E-state index contributed by atoms with van der Waals surface area (Å²) in [4.78, 5) is 17.2. The summed E-state index contributed by atoms with van der Waals surface area (Å²) in [7, 11) is -3.63. The van der Waals surface area contributed by atoms with Crippen LogP contribution < -0.4 is 10.0 Å². The molecule has 0 saturated heterocycles. The van der Waals surface area contributed by atoms with Gasteiger partial charge < -0.3 is 9.84 Å². The molecule has 8 nitrogen and oxygen atoms in total. The van der Waals surface area contributed by atoms with Crippen LogP contribution in [0, 0.1) is 5.92 Å². The third-order valence-corrected chi connectivity index (χ3v) is 7.56.